The molecule has 51 heavy (non-hydrogen) atoms. The number of piperidine rings is 1. The van der Waals surface area contributed by atoms with E-state index in [-0.39, 0.29) is 43.3 Å². The fourth-order valence-corrected chi connectivity index (χ4v) is 7.06. The number of amides is 4. The van der Waals surface area contributed by atoms with Crippen LogP contribution in [0.25, 0.3) is 0 Å². The minimum Gasteiger partial charge on any atom is -0.480 e. The number of nitrogens with two attached hydrogens (primary N) is 2. The van der Waals surface area contributed by atoms with Crippen LogP contribution in [-0.2, 0) is 36.8 Å². The summed E-state index contributed by atoms with van der Waals surface area (Å²) < 4.78 is 0. The summed E-state index contributed by atoms with van der Waals surface area (Å²) in [6.45, 7) is 6.66. The number of carboxylic acid groups (broad SMARTS) is 1. The summed E-state index contributed by atoms with van der Waals surface area (Å²) in [6, 6.07) is 15.9. The first kappa shape index (κ1) is 39.5. The van der Waals surface area contributed by atoms with Crippen molar-refractivity contribution >= 4 is 29.6 Å². The average Bonchev–Trinajstić information content (AvgIpc) is 3.10. The molecule has 3 heterocycles. The molecule has 2 bridgehead atoms. The number of hydrogen-bond donors (Lipinski definition) is 6. The molecule has 0 aliphatic carbocycles. The summed E-state index contributed by atoms with van der Waals surface area (Å²) in [5, 5.41) is 18.0. The van der Waals surface area contributed by atoms with Crippen molar-refractivity contribution in [3.05, 3.63) is 71.8 Å². The van der Waals surface area contributed by atoms with Gasteiger partial charge in [0.25, 0.3) is 0 Å². The molecule has 5 rings (SSSR count). The Hall–Kier alpha value is -4.33. The minimum absolute atomic E-state index is 0.0103. The van der Waals surface area contributed by atoms with E-state index in [0.29, 0.717) is 45.3 Å². The normalized spacial score (nSPS) is 19.9. The Morgan fingerprint density at radius 1 is 0.882 bits per heavy atom. The lowest BCUT2D eigenvalue weighted by Gasteiger charge is -2.56. The third-order valence-electron chi connectivity index (χ3n) is 9.80. The number of nitrogens with one attached hydrogen (secondary N) is 3. The van der Waals surface area contributed by atoms with Gasteiger partial charge in [-0.1, -0.05) is 74.5 Å². The number of carbonyl (C=O) groups is 5. The molecule has 8 N–H and O–H groups in total. The second kappa shape index (κ2) is 18.2. The quantitative estimate of drug-likeness (QED) is 0.116. The largest absolute Gasteiger partial charge is 0.480 e. The first-order chi connectivity index (χ1) is 24.3. The highest BCUT2D eigenvalue weighted by molar-refractivity contribution is 5.97. The number of fused-ring (bicyclic) bond motifs is 2. The van der Waals surface area contributed by atoms with E-state index in [1.165, 1.54) is 0 Å². The first-order valence-electron chi connectivity index (χ1n) is 18.0. The number of carbonyl (C=O) groups excluding carboxylic acids is 4. The number of aliphatic carboxylic acids is 1. The third kappa shape index (κ3) is 11.1. The number of nitrogens with zero attached hydrogens (tertiary/aromatic N) is 2. The van der Waals surface area contributed by atoms with Gasteiger partial charge in [0.15, 0.2) is 0 Å². The van der Waals surface area contributed by atoms with Crippen molar-refractivity contribution in [2.75, 3.05) is 26.2 Å². The van der Waals surface area contributed by atoms with Gasteiger partial charge in [-0.15, -0.1) is 0 Å². The van der Waals surface area contributed by atoms with Crippen molar-refractivity contribution in [1.82, 2.24) is 25.8 Å². The van der Waals surface area contributed by atoms with Crippen molar-refractivity contribution in [1.29, 1.82) is 0 Å². The van der Waals surface area contributed by atoms with Gasteiger partial charge in [0.2, 0.25) is 23.6 Å². The molecular weight excluding hydrogens is 650 g/mol. The Labute approximate surface area is 300 Å². The van der Waals surface area contributed by atoms with E-state index < -0.39 is 47.4 Å². The summed E-state index contributed by atoms with van der Waals surface area (Å²) in [5.74, 6) is -2.65. The van der Waals surface area contributed by atoms with Crippen LogP contribution in [0.2, 0.25) is 0 Å². The number of hydrogen-bond acceptors (Lipinski definition) is 8. The molecule has 0 spiro atoms. The third-order valence-corrected chi connectivity index (χ3v) is 9.80. The molecule has 4 amide bonds. The van der Waals surface area contributed by atoms with Crippen LogP contribution in [-0.4, -0.2) is 106 Å². The Morgan fingerprint density at radius 3 is 2.06 bits per heavy atom. The number of piperazine rings is 1. The van der Waals surface area contributed by atoms with Gasteiger partial charge in [-0.3, -0.25) is 28.9 Å². The topological polar surface area (TPSA) is 200 Å². The van der Waals surface area contributed by atoms with Crippen molar-refractivity contribution in [3.8, 4) is 0 Å². The van der Waals surface area contributed by atoms with Gasteiger partial charge in [-0.2, -0.15) is 0 Å². The Bertz CT molecular complexity index is 1480. The predicted octanol–water partition coefficient (Wildman–Crippen LogP) is 1.19. The number of rotatable bonds is 19. The minimum atomic E-state index is -1.46. The van der Waals surface area contributed by atoms with Crippen LogP contribution in [0.1, 0.15) is 64.0 Å². The molecule has 0 saturated carbocycles. The maximum Gasteiger partial charge on any atom is 0.317 e. The zero-order chi connectivity index (χ0) is 37.1. The van der Waals surface area contributed by atoms with E-state index in [4.69, 9.17) is 11.5 Å². The first-order valence-corrected chi connectivity index (χ1v) is 18.0. The molecule has 6 atom stereocenters. The number of unbranched alkanes of at least 4 members (excludes halogenated alkanes) is 1. The van der Waals surface area contributed by atoms with Gasteiger partial charge in [-0.05, 0) is 69.0 Å². The molecule has 3 aliphatic rings. The van der Waals surface area contributed by atoms with Crippen LogP contribution >= 0.6 is 0 Å². The molecule has 2 aromatic rings. The number of benzene rings is 2. The van der Waals surface area contributed by atoms with E-state index in [1.54, 1.807) is 11.8 Å². The summed E-state index contributed by atoms with van der Waals surface area (Å²) in [5.41, 5.74) is 12.3. The van der Waals surface area contributed by atoms with Gasteiger partial charge < -0.3 is 37.4 Å². The highest BCUT2D eigenvalue weighted by atomic mass is 16.4. The van der Waals surface area contributed by atoms with Gasteiger partial charge in [0.1, 0.15) is 17.6 Å². The van der Waals surface area contributed by atoms with Crippen LogP contribution in [0.5, 0.6) is 0 Å². The standard InChI is InChI=1S/C38H55N7O6/c1-25(2)18-32(35(49)41-31(16-10-11-17-39)36(50)44-22-28-20-29(23-44)45(28)24-33(46)47)42-37(51)38(3,21-27-14-8-5-9-15-27)43-34(48)30(40)19-26-12-6-4-7-13-26/h4-9,12-15,25,28-32H,10-11,16-24,39-40H2,1-3H3,(H,41,49)(H,42,51)(H,43,48)(H,46,47). The van der Waals surface area contributed by atoms with E-state index in [2.05, 4.69) is 16.0 Å². The summed E-state index contributed by atoms with van der Waals surface area (Å²) in [6.07, 6.45) is 3.22. The maximum atomic E-state index is 14.2. The van der Waals surface area contributed by atoms with E-state index in [1.807, 2.05) is 79.4 Å². The van der Waals surface area contributed by atoms with Crippen LogP contribution in [0.3, 0.4) is 0 Å². The van der Waals surface area contributed by atoms with Crippen LogP contribution in [0.4, 0.5) is 0 Å². The molecule has 3 fully saturated rings. The second-order valence-corrected chi connectivity index (χ2v) is 14.6. The monoisotopic (exact) mass is 705 g/mol. The van der Waals surface area contributed by atoms with E-state index in [0.717, 1.165) is 17.5 Å². The van der Waals surface area contributed by atoms with Gasteiger partial charge in [0, 0.05) is 31.6 Å². The molecule has 3 aliphatic heterocycles. The van der Waals surface area contributed by atoms with Crippen molar-refractivity contribution in [2.24, 2.45) is 17.4 Å². The predicted molar refractivity (Wildman–Crippen MR) is 194 cm³/mol. The van der Waals surface area contributed by atoms with Gasteiger partial charge in [-0.25, -0.2) is 0 Å². The molecule has 278 valence electrons. The zero-order valence-electron chi connectivity index (χ0n) is 30.1. The molecule has 13 heteroatoms. The van der Waals surface area contributed by atoms with E-state index in [9.17, 15) is 29.1 Å². The van der Waals surface area contributed by atoms with Crippen LogP contribution in [0, 0.1) is 5.92 Å². The SMILES string of the molecule is CC(C)CC(NC(=O)C(C)(Cc1ccccc1)NC(=O)C(N)Cc1ccccc1)C(=O)NC(CCCCN)C(=O)N1CC2CC(C1)N2CC(=O)O. The van der Waals surface area contributed by atoms with Gasteiger partial charge in [0.05, 0.1) is 12.6 Å². The lowest BCUT2D eigenvalue weighted by molar-refractivity contribution is -0.154. The highest BCUT2D eigenvalue weighted by Crippen LogP contribution is 2.32. The smallest absolute Gasteiger partial charge is 0.317 e. The molecular formula is C38H55N7O6. The molecule has 0 radical (unpaired) electrons. The van der Waals surface area contributed by atoms with Crippen molar-refractivity contribution in [3.63, 3.8) is 0 Å². The summed E-state index contributed by atoms with van der Waals surface area (Å²) in [7, 11) is 0. The lowest BCUT2D eigenvalue weighted by atomic mass is 9.87. The Morgan fingerprint density at radius 2 is 1.49 bits per heavy atom. The Kier molecular flexibility index (Phi) is 14.1. The maximum absolute atomic E-state index is 14.2. The molecule has 6 unspecified atom stereocenters. The summed E-state index contributed by atoms with van der Waals surface area (Å²) in [4.78, 5) is 70.5. The number of carboxylic acids is 1. The fraction of sp³-hybridized carbons (Fsp3) is 0.553. The second-order valence-electron chi connectivity index (χ2n) is 14.6. The van der Waals surface area contributed by atoms with Crippen molar-refractivity contribution < 1.29 is 29.1 Å². The highest BCUT2D eigenvalue weighted by Gasteiger charge is 2.47. The molecule has 3 saturated heterocycles. The van der Waals surface area contributed by atoms with Crippen LogP contribution in [0.15, 0.2) is 60.7 Å². The fourth-order valence-electron chi connectivity index (χ4n) is 7.06. The van der Waals surface area contributed by atoms with E-state index >= 15 is 0 Å². The lowest BCUT2D eigenvalue weighted by Crippen LogP contribution is -2.71. The zero-order valence-corrected chi connectivity index (χ0v) is 30.1. The van der Waals surface area contributed by atoms with Crippen molar-refractivity contribution in [2.45, 2.75) is 101 Å². The molecule has 2 aromatic carbocycles. The summed E-state index contributed by atoms with van der Waals surface area (Å²) >= 11 is 0. The van der Waals surface area contributed by atoms with Gasteiger partial charge >= 0.3 is 5.97 Å². The Balaban J connectivity index is 1.50. The van der Waals surface area contributed by atoms with Crippen LogP contribution < -0.4 is 27.4 Å². The molecule has 13 nitrogen and oxygen atoms in total. The average molecular weight is 706 g/mol. The molecule has 0 aromatic heterocycles.